The Balaban J connectivity index is 1.41. The topological polar surface area (TPSA) is 95.8 Å². The Kier molecular flexibility index (Phi) is 8.30. The molecule has 0 unspecified atom stereocenters. The second-order valence-corrected chi connectivity index (χ2v) is 10.1. The molecule has 212 valence electrons. The summed E-state index contributed by atoms with van der Waals surface area (Å²) in [4.78, 5) is 17.6. The highest BCUT2D eigenvalue weighted by atomic mass is 19.1. The van der Waals surface area contributed by atoms with Crippen LogP contribution in [0.3, 0.4) is 0 Å². The number of rotatable bonds is 9. The number of hydrogen-bond donors (Lipinski definition) is 1. The largest absolute Gasteiger partial charge is 0.478 e. The number of aliphatic carboxylic acids is 1. The molecule has 1 atom stereocenters. The standard InChI is InChI=1S/C32H30FNO7/c1-32(2)39-19-29(40-32)41-34-16-20-5-4-6-25(14-20)38-17-21-7-12-26-23(13-21)15-27(31(35)36)28(18-37-3)30(26)22-8-10-24(33)11-9-22/h4-14,16-17,29H,15,18-19H2,1-3H3,(H,35,36)/b21-17-,34-16?/t29-/m0/s1. The van der Waals surface area contributed by atoms with Crippen molar-refractivity contribution in [1.82, 2.24) is 0 Å². The first-order valence-electron chi connectivity index (χ1n) is 13.0. The number of methoxy groups -OCH3 is 1. The lowest BCUT2D eigenvalue weighted by atomic mass is 9.83. The number of fused-ring (bicyclic) bond motifs is 1. The van der Waals surface area contributed by atoms with Gasteiger partial charge in [0.25, 0.3) is 6.29 Å². The van der Waals surface area contributed by atoms with E-state index in [1.54, 1.807) is 30.7 Å². The van der Waals surface area contributed by atoms with E-state index < -0.39 is 18.0 Å². The van der Waals surface area contributed by atoms with E-state index in [1.807, 2.05) is 50.2 Å². The summed E-state index contributed by atoms with van der Waals surface area (Å²) in [6.07, 6.45) is 2.81. The van der Waals surface area contributed by atoms with Crippen LogP contribution in [0.2, 0.25) is 0 Å². The van der Waals surface area contributed by atoms with Crippen LogP contribution in [0.15, 0.2) is 83.0 Å². The van der Waals surface area contributed by atoms with E-state index in [0.717, 1.165) is 21.6 Å². The van der Waals surface area contributed by atoms with Crippen LogP contribution in [-0.4, -0.2) is 49.7 Å². The number of hydrogen-bond acceptors (Lipinski definition) is 7. The van der Waals surface area contributed by atoms with Crippen molar-refractivity contribution in [3.05, 3.63) is 111 Å². The summed E-state index contributed by atoms with van der Waals surface area (Å²) < 4.78 is 36.0. The van der Waals surface area contributed by atoms with Crippen LogP contribution < -0.4 is 15.2 Å². The van der Waals surface area contributed by atoms with Gasteiger partial charge in [0.2, 0.25) is 0 Å². The van der Waals surface area contributed by atoms with Crippen molar-refractivity contribution in [2.75, 3.05) is 20.3 Å². The van der Waals surface area contributed by atoms with E-state index in [1.165, 1.54) is 19.2 Å². The molecule has 5 rings (SSSR count). The normalized spacial score (nSPS) is 18.6. The number of halogens is 1. The first-order chi connectivity index (χ1) is 19.7. The van der Waals surface area contributed by atoms with E-state index in [4.69, 9.17) is 23.8 Å². The second-order valence-electron chi connectivity index (χ2n) is 10.1. The summed E-state index contributed by atoms with van der Waals surface area (Å²) in [5.74, 6) is -1.50. The van der Waals surface area contributed by atoms with Gasteiger partial charge in [0.05, 0.1) is 19.1 Å². The van der Waals surface area contributed by atoms with Gasteiger partial charge in [-0.3, -0.25) is 0 Å². The minimum atomic E-state index is -1.02. The van der Waals surface area contributed by atoms with Crippen molar-refractivity contribution in [3.63, 3.8) is 0 Å². The molecule has 41 heavy (non-hydrogen) atoms. The lowest BCUT2D eigenvalue weighted by molar-refractivity contribution is -0.190. The average Bonchev–Trinajstić information content (AvgIpc) is 3.30. The zero-order chi connectivity index (χ0) is 29.0. The molecule has 1 N–H and O–H groups in total. The lowest BCUT2D eigenvalue weighted by Gasteiger charge is -2.22. The number of oxime groups is 1. The molecule has 0 amide bonds. The first-order valence-corrected chi connectivity index (χ1v) is 13.0. The van der Waals surface area contributed by atoms with Crippen molar-refractivity contribution in [2.24, 2.45) is 5.16 Å². The Morgan fingerprint density at radius 1 is 1.15 bits per heavy atom. The Bertz CT molecular complexity index is 1630. The molecule has 1 fully saturated rings. The Morgan fingerprint density at radius 3 is 2.66 bits per heavy atom. The van der Waals surface area contributed by atoms with E-state index in [9.17, 15) is 14.3 Å². The Labute approximate surface area is 236 Å². The Hall–Kier alpha value is -4.31. The molecule has 0 aromatic heterocycles. The van der Waals surface area contributed by atoms with E-state index in [2.05, 4.69) is 5.16 Å². The zero-order valence-electron chi connectivity index (χ0n) is 22.9. The molecule has 0 spiro atoms. The molecule has 1 aliphatic carbocycles. The molecule has 2 aliphatic rings. The predicted octanol–water partition coefficient (Wildman–Crippen LogP) is 3.88. The van der Waals surface area contributed by atoms with Crippen LogP contribution in [0, 0.1) is 5.82 Å². The summed E-state index contributed by atoms with van der Waals surface area (Å²) in [7, 11) is 1.52. The minimum absolute atomic E-state index is 0.120. The second kappa shape index (κ2) is 12.1. The molecular formula is C32H30FNO7. The molecule has 8 nitrogen and oxygen atoms in total. The van der Waals surface area contributed by atoms with Gasteiger partial charge in [-0.25, -0.2) is 9.18 Å². The average molecular weight is 560 g/mol. The van der Waals surface area contributed by atoms with Crippen molar-refractivity contribution >= 4 is 24.0 Å². The van der Waals surface area contributed by atoms with Crippen LogP contribution in [0.5, 0.6) is 5.75 Å². The molecule has 0 radical (unpaired) electrons. The third-order valence-corrected chi connectivity index (χ3v) is 6.66. The van der Waals surface area contributed by atoms with Crippen LogP contribution in [0.1, 0.15) is 30.5 Å². The number of ether oxygens (including phenoxy) is 4. The molecule has 1 aliphatic heterocycles. The molecular weight excluding hydrogens is 529 g/mol. The smallest absolute Gasteiger partial charge is 0.332 e. The number of benzene rings is 3. The van der Waals surface area contributed by atoms with Crippen molar-refractivity contribution in [2.45, 2.75) is 32.3 Å². The lowest BCUT2D eigenvalue weighted by Crippen LogP contribution is -2.28. The Morgan fingerprint density at radius 2 is 1.95 bits per heavy atom. The summed E-state index contributed by atoms with van der Waals surface area (Å²) in [5, 5.41) is 15.6. The van der Waals surface area contributed by atoms with Crippen molar-refractivity contribution in [3.8, 4) is 5.75 Å². The molecule has 0 saturated carbocycles. The fourth-order valence-electron chi connectivity index (χ4n) is 4.81. The number of carbonyl (C=O) groups is 1. The van der Waals surface area contributed by atoms with Crippen LogP contribution in [0.4, 0.5) is 4.39 Å². The number of carboxylic acid groups (broad SMARTS) is 1. The van der Waals surface area contributed by atoms with Crippen LogP contribution in [0.25, 0.3) is 11.8 Å². The summed E-state index contributed by atoms with van der Waals surface area (Å²) in [6, 6.07) is 19.0. The van der Waals surface area contributed by atoms with E-state index in [-0.39, 0.29) is 24.4 Å². The van der Waals surface area contributed by atoms with Crippen molar-refractivity contribution in [1.29, 1.82) is 0 Å². The van der Waals surface area contributed by atoms with Gasteiger partial charge in [-0.1, -0.05) is 41.6 Å². The van der Waals surface area contributed by atoms with Crippen LogP contribution in [-0.2, 0) is 30.3 Å². The maximum absolute atomic E-state index is 13.7. The molecule has 9 heteroatoms. The van der Waals surface area contributed by atoms with Crippen LogP contribution >= 0.6 is 0 Å². The summed E-state index contributed by atoms with van der Waals surface area (Å²) >= 11 is 0. The van der Waals surface area contributed by atoms with Gasteiger partial charge in [-0.15, -0.1) is 0 Å². The van der Waals surface area contributed by atoms with E-state index >= 15 is 0 Å². The fourth-order valence-corrected chi connectivity index (χ4v) is 4.81. The molecule has 0 bridgehead atoms. The van der Waals surface area contributed by atoms with E-state index in [0.29, 0.717) is 29.1 Å². The summed E-state index contributed by atoms with van der Waals surface area (Å²) in [5.41, 5.74) is 3.82. The monoisotopic (exact) mass is 559 g/mol. The highest BCUT2D eigenvalue weighted by Crippen LogP contribution is 2.29. The first kappa shape index (κ1) is 28.2. The third-order valence-electron chi connectivity index (χ3n) is 6.66. The highest BCUT2D eigenvalue weighted by molar-refractivity contribution is 5.96. The summed E-state index contributed by atoms with van der Waals surface area (Å²) in [6.45, 7) is 4.03. The minimum Gasteiger partial charge on any atom is -0.478 e. The quantitative estimate of drug-likeness (QED) is 0.314. The maximum Gasteiger partial charge on any atom is 0.332 e. The van der Waals surface area contributed by atoms with Gasteiger partial charge >= 0.3 is 5.97 Å². The maximum atomic E-state index is 13.7. The zero-order valence-corrected chi connectivity index (χ0v) is 22.9. The molecule has 3 aromatic rings. The fraction of sp³-hybridized carbons (Fsp3) is 0.250. The molecule has 1 saturated heterocycles. The number of nitrogens with zero attached hydrogens (tertiary/aromatic N) is 1. The van der Waals surface area contributed by atoms with Gasteiger partial charge < -0.3 is 28.9 Å². The van der Waals surface area contributed by atoms with Gasteiger partial charge in [0, 0.05) is 24.3 Å². The predicted molar refractivity (Wildman–Crippen MR) is 150 cm³/mol. The SMILES string of the molecule is COCC1=C(C(=O)O)Cc2c/c(=C\Oc3cccc(C=NO[C@H]4COC(C)(C)O4)c3)ccc2=C1c1ccc(F)cc1. The molecule has 3 aromatic carbocycles. The third kappa shape index (κ3) is 6.71. The highest BCUT2D eigenvalue weighted by Gasteiger charge is 2.34. The number of carboxylic acids is 1. The van der Waals surface area contributed by atoms with Gasteiger partial charge in [-0.2, -0.15) is 0 Å². The van der Waals surface area contributed by atoms with Gasteiger partial charge in [0.15, 0.2) is 5.79 Å². The molecule has 1 heterocycles. The van der Waals surface area contributed by atoms with Gasteiger partial charge in [-0.05, 0) is 77.2 Å². The van der Waals surface area contributed by atoms with Gasteiger partial charge in [0.1, 0.15) is 18.2 Å². The van der Waals surface area contributed by atoms with Crippen molar-refractivity contribution < 1.29 is 38.1 Å².